The van der Waals surface area contributed by atoms with Crippen LogP contribution < -0.4 is 4.74 Å². The number of rotatable bonds is 14. The van der Waals surface area contributed by atoms with Crippen molar-refractivity contribution in [1.82, 2.24) is 0 Å². The first-order valence-electron chi connectivity index (χ1n) is 9.93. The number of unbranched alkanes of at least 4 members (excludes halogenated alkanes) is 9. The summed E-state index contributed by atoms with van der Waals surface area (Å²) in [7, 11) is -3.00. The van der Waals surface area contributed by atoms with E-state index < -0.39 is 9.80 Å². The molecule has 1 aromatic carbocycles. The average molecular weight is 369 g/mol. The van der Waals surface area contributed by atoms with E-state index in [4.69, 9.17) is 4.74 Å². The minimum atomic E-state index is -3.00. The van der Waals surface area contributed by atoms with Crippen LogP contribution in [0.3, 0.4) is 0 Å². The fraction of sp³-hybridized carbons (Fsp3) is 0.667. The predicted molar refractivity (Wildman–Crippen MR) is 109 cm³/mol. The van der Waals surface area contributed by atoms with Crippen LogP contribution in [-0.4, -0.2) is 20.7 Å². The maximum absolute atomic E-state index is 12.0. The molecule has 25 heavy (non-hydrogen) atoms. The monoisotopic (exact) mass is 368 g/mol. The topological polar surface area (TPSA) is 46.5 Å². The van der Waals surface area contributed by atoms with Gasteiger partial charge in [0.1, 0.15) is 15.6 Å². The van der Waals surface area contributed by atoms with Gasteiger partial charge in [-0.3, -0.25) is 0 Å². The SMILES string of the molecule is CCC=S(=O)(O)c1ccc(OCCCCCCCCCCCC)cc1. The van der Waals surface area contributed by atoms with Gasteiger partial charge in [-0.2, -0.15) is 0 Å². The van der Waals surface area contributed by atoms with Crippen LogP contribution in [0.25, 0.3) is 0 Å². The Morgan fingerprint density at radius 3 is 1.92 bits per heavy atom. The zero-order valence-electron chi connectivity index (χ0n) is 16.0. The van der Waals surface area contributed by atoms with Crippen LogP contribution in [0.4, 0.5) is 0 Å². The molecule has 0 saturated heterocycles. The molecule has 144 valence electrons. The third-order valence-corrected chi connectivity index (χ3v) is 6.05. The minimum absolute atomic E-state index is 0.445. The summed E-state index contributed by atoms with van der Waals surface area (Å²) in [4.78, 5) is 0.445. The molecule has 0 heterocycles. The van der Waals surface area contributed by atoms with Crippen molar-refractivity contribution < 1.29 is 13.5 Å². The Morgan fingerprint density at radius 1 is 0.880 bits per heavy atom. The molecule has 0 bridgehead atoms. The van der Waals surface area contributed by atoms with E-state index in [1.165, 1.54) is 63.2 Å². The summed E-state index contributed by atoms with van der Waals surface area (Å²) in [5, 5.41) is 1.45. The van der Waals surface area contributed by atoms with Crippen LogP contribution in [-0.2, 0) is 9.80 Å². The summed E-state index contributed by atoms with van der Waals surface area (Å²) < 4.78 is 27.6. The van der Waals surface area contributed by atoms with Crippen LogP contribution in [0.5, 0.6) is 5.75 Å². The van der Waals surface area contributed by atoms with Gasteiger partial charge in [-0.25, -0.2) is 4.21 Å². The number of hydrogen-bond acceptors (Lipinski definition) is 2. The van der Waals surface area contributed by atoms with Gasteiger partial charge in [0.15, 0.2) is 0 Å². The summed E-state index contributed by atoms with van der Waals surface area (Å²) in [6, 6.07) is 6.93. The van der Waals surface area contributed by atoms with Gasteiger partial charge in [0, 0.05) is 0 Å². The summed E-state index contributed by atoms with van der Waals surface area (Å²) in [6.07, 6.45) is 13.7. The van der Waals surface area contributed by atoms with Crippen molar-refractivity contribution in [3.63, 3.8) is 0 Å². The molecule has 0 fully saturated rings. The molecule has 1 atom stereocenters. The molecule has 0 amide bonds. The summed E-state index contributed by atoms with van der Waals surface area (Å²) in [5.74, 6) is 0.770. The van der Waals surface area contributed by atoms with Gasteiger partial charge in [0.05, 0.1) is 11.5 Å². The largest absolute Gasteiger partial charge is 0.494 e. The van der Waals surface area contributed by atoms with Gasteiger partial charge < -0.3 is 9.29 Å². The van der Waals surface area contributed by atoms with E-state index in [0.29, 0.717) is 17.9 Å². The van der Waals surface area contributed by atoms with Crippen molar-refractivity contribution in [2.45, 2.75) is 89.4 Å². The van der Waals surface area contributed by atoms with E-state index in [-0.39, 0.29) is 0 Å². The van der Waals surface area contributed by atoms with E-state index in [9.17, 15) is 8.76 Å². The summed E-state index contributed by atoms with van der Waals surface area (Å²) >= 11 is 0. The predicted octanol–water partition coefficient (Wildman–Crippen LogP) is 6.31. The second-order valence-electron chi connectivity index (χ2n) is 6.65. The Kier molecular flexibility index (Phi) is 11.7. The lowest BCUT2D eigenvalue weighted by atomic mass is 10.1. The molecule has 0 radical (unpaired) electrons. The molecule has 0 aliphatic rings. The maximum Gasteiger partial charge on any atom is 0.119 e. The summed E-state index contributed by atoms with van der Waals surface area (Å²) in [6.45, 7) is 4.83. The highest BCUT2D eigenvalue weighted by atomic mass is 32.2. The van der Waals surface area contributed by atoms with Crippen molar-refractivity contribution in [2.24, 2.45) is 0 Å². The van der Waals surface area contributed by atoms with Crippen LogP contribution in [0.15, 0.2) is 29.2 Å². The zero-order chi connectivity index (χ0) is 18.4. The lowest BCUT2D eigenvalue weighted by Gasteiger charge is -2.08. The third-order valence-electron chi connectivity index (χ3n) is 4.32. The quantitative estimate of drug-likeness (QED) is 0.309. The highest BCUT2D eigenvalue weighted by Crippen LogP contribution is 2.17. The second kappa shape index (κ2) is 13.2. The minimum Gasteiger partial charge on any atom is -0.494 e. The van der Waals surface area contributed by atoms with Crippen LogP contribution >= 0.6 is 0 Å². The van der Waals surface area contributed by atoms with Crippen LogP contribution in [0, 0.1) is 0 Å². The molecular formula is C21H36O3S. The fourth-order valence-corrected chi connectivity index (χ4v) is 4.00. The maximum atomic E-state index is 12.0. The zero-order valence-corrected chi connectivity index (χ0v) is 16.9. The van der Waals surface area contributed by atoms with E-state index in [0.717, 1.165) is 12.2 Å². The Balaban J connectivity index is 2.11. The number of benzene rings is 1. The molecule has 1 unspecified atom stereocenters. The average Bonchev–Trinajstić information content (AvgIpc) is 2.60. The molecule has 4 heteroatoms. The van der Waals surface area contributed by atoms with E-state index in [1.807, 2.05) is 6.92 Å². The Bertz CT molecular complexity index is 557. The van der Waals surface area contributed by atoms with E-state index in [2.05, 4.69) is 6.92 Å². The molecule has 0 spiro atoms. The van der Waals surface area contributed by atoms with Gasteiger partial charge >= 0.3 is 0 Å². The Labute approximate surface area is 155 Å². The lowest BCUT2D eigenvalue weighted by molar-refractivity contribution is 0.304. The first-order valence-corrected chi connectivity index (χ1v) is 11.5. The van der Waals surface area contributed by atoms with Crippen LogP contribution in [0.1, 0.15) is 84.5 Å². The van der Waals surface area contributed by atoms with Gasteiger partial charge in [0.25, 0.3) is 0 Å². The highest BCUT2D eigenvalue weighted by molar-refractivity contribution is 7.96. The Hall–Kier alpha value is -1.00. The molecule has 1 rings (SSSR count). The van der Waals surface area contributed by atoms with Crippen molar-refractivity contribution in [1.29, 1.82) is 0 Å². The van der Waals surface area contributed by atoms with Crippen molar-refractivity contribution >= 4 is 15.2 Å². The molecule has 0 aliphatic heterocycles. The van der Waals surface area contributed by atoms with Gasteiger partial charge in [-0.15, -0.1) is 0 Å². The molecule has 0 aromatic heterocycles. The standard InChI is InChI=1S/C21H36O3S/c1-3-5-6-7-8-9-10-11-12-13-18-24-20-14-16-21(17-15-20)25(22,23)19-4-2/h14-17,19H,3-13,18H2,1-2H3,(H,22,23). The fourth-order valence-electron chi connectivity index (χ4n) is 2.83. The van der Waals surface area contributed by atoms with Crippen molar-refractivity contribution in [2.75, 3.05) is 6.61 Å². The molecule has 0 saturated carbocycles. The lowest BCUT2D eigenvalue weighted by Crippen LogP contribution is -2.03. The highest BCUT2D eigenvalue weighted by Gasteiger charge is 2.05. The van der Waals surface area contributed by atoms with Crippen LogP contribution in [0.2, 0.25) is 0 Å². The van der Waals surface area contributed by atoms with Gasteiger partial charge in [-0.1, -0.05) is 71.6 Å². The summed E-state index contributed by atoms with van der Waals surface area (Å²) in [5.41, 5.74) is 0. The molecule has 1 N–H and O–H groups in total. The number of hydrogen-bond donors (Lipinski definition) is 1. The smallest absolute Gasteiger partial charge is 0.119 e. The first kappa shape index (κ1) is 22.0. The third kappa shape index (κ3) is 9.91. The number of ether oxygens (including phenoxy) is 1. The second-order valence-corrected chi connectivity index (χ2v) is 8.59. The van der Waals surface area contributed by atoms with Gasteiger partial charge in [-0.05, 0) is 42.5 Å². The van der Waals surface area contributed by atoms with Crippen molar-refractivity contribution in [3.8, 4) is 5.75 Å². The van der Waals surface area contributed by atoms with E-state index >= 15 is 0 Å². The molecular weight excluding hydrogens is 332 g/mol. The van der Waals surface area contributed by atoms with Gasteiger partial charge in [0.2, 0.25) is 0 Å². The van der Waals surface area contributed by atoms with Crippen molar-refractivity contribution in [3.05, 3.63) is 24.3 Å². The first-order chi connectivity index (χ1) is 12.1. The normalized spacial score (nSPS) is 13.4. The Morgan fingerprint density at radius 2 is 1.40 bits per heavy atom. The molecule has 1 aromatic rings. The molecule has 0 aliphatic carbocycles. The molecule has 3 nitrogen and oxygen atoms in total. The van der Waals surface area contributed by atoms with E-state index in [1.54, 1.807) is 24.3 Å².